The number of ether oxygens (including phenoxy) is 7. The molecular formula is C93H131IO17S3Si2. The summed E-state index contributed by atoms with van der Waals surface area (Å²) in [6.45, 7) is 46.1. The molecule has 0 aromatic heterocycles. The molecule has 638 valence electrons. The van der Waals surface area contributed by atoms with Gasteiger partial charge in [0.15, 0.2) is 31.2 Å². The summed E-state index contributed by atoms with van der Waals surface area (Å²) in [5.74, 6) is 0.565. The highest BCUT2D eigenvalue weighted by molar-refractivity contribution is 14.1. The Morgan fingerprint density at radius 2 is 0.914 bits per heavy atom. The summed E-state index contributed by atoms with van der Waals surface area (Å²) in [7, 11) is -15.1. The average molecular weight is 1800 g/mol. The van der Waals surface area contributed by atoms with E-state index < -0.39 is 64.6 Å². The molecule has 6 aromatic rings. The lowest BCUT2D eigenvalue weighted by atomic mass is 9.82. The van der Waals surface area contributed by atoms with Crippen molar-refractivity contribution in [2.75, 3.05) is 37.9 Å². The fourth-order valence-electron chi connectivity index (χ4n) is 17.8. The van der Waals surface area contributed by atoms with E-state index in [0.29, 0.717) is 66.6 Å². The third-order valence-corrected chi connectivity index (χ3v) is 38.9. The van der Waals surface area contributed by atoms with Crippen LogP contribution in [0.1, 0.15) is 175 Å². The molecule has 5 aliphatic rings. The number of aldehydes is 1. The van der Waals surface area contributed by atoms with Crippen molar-refractivity contribution in [1.82, 2.24) is 0 Å². The summed E-state index contributed by atoms with van der Waals surface area (Å²) in [4.78, 5) is 11.8. The van der Waals surface area contributed by atoms with Crippen LogP contribution < -0.4 is 20.7 Å². The first-order valence-electron chi connectivity index (χ1n) is 41.5. The summed E-state index contributed by atoms with van der Waals surface area (Å²) in [6.07, 6.45) is 7.66. The smallest absolute Gasteiger partial charge is 0.407 e. The third kappa shape index (κ3) is 26.2. The van der Waals surface area contributed by atoms with Crippen LogP contribution in [0, 0.1) is 47.3 Å². The Labute approximate surface area is 712 Å². The SMILES string of the molecule is C=C(I)[C@H](C)C[C@@H](CCCO[Si](c1ccccc1)(c1ccccc1)C(C)(C)C)C(C)C.C=C1[C@H](C)C[C@H](CCCO[Si](c2ccccc2)(c2ccccc2)C(C)(C)C)O[C@@H]1C[C@@H]1O[C@H](C[C@H]2COC(C)(C)O2)[C@H](C)[C@H]1CS(=O)(=O)c1ccccc1.C[C@@H]1[C@@H](CS(=O)(=O)c2ccccc2)[C@H](CC=O)O[C@@H]1C[C@H]1COC(C)(C)O1.O=S(=O)=O. The highest BCUT2D eigenvalue weighted by atomic mass is 127. The van der Waals surface area contributed by atoms with Crippen molar-refractivity contribution in [3.05, 3.63) is 204 Å². The van der Waals surface area contributed by atoms with Crippen LogP contribution in [0.2, 0.25) is 10.1 Å². The Bertz CT molecular complexity index is 4300. The highest BCUT2D eigenvalue weighted by Crippen LogP contribution is 2.46. The van der Waals surface area contributed by atoms with Gasteiger partial charge < -0.3 is 46.8 Å². The zero-order valence-corrected chi connectivity index (χ0v) is 78.0. The molecule has 5 heterocycles. The molecule has 5 saturated heterocycles. The predicted octanol–water partition coefficient (Wildman–Crippen LogP) is 17.3. The van der Waals surface area contributed by atoms with E-state index in [1.54, 1.807) is 54.6 Å². The lowest BCUT2D eigenvalue weighted by molar-refractivity contribution is -0.143. The monoisotopic (exact) mass is 1800 g/mol. The first-order valence-corrected chi connectivity index (χ1v) is 50.7. The molecule has 0 unspecified atom stereocenters. The van der Waals surface area contributed by atoms with E-state index in [1.165, 1.54) is 37.2 Å². The van der Waals surface area contributed by atoms with Gasteiger partial charge in [0.25, 0.3) is 16.6 Å². The van der Waals surface area contributed by atoms with Gasteiger partial charge in [-0.3, -0.25) is 0 Å². The molecule has 0 bridgehead atoms. The van der Waals surface area contributed by atoms with Crippen molar-refractivity contribution < 1.29 is 76.3 Å². The van der Waals surface area contributed by atoms with Gasteiger partial charge in [-0.2, -0.15) is 0 Å². The van der Waals surface area contributed by atoms with Crippen LogP contribution in [0.4, 0.5) is 0 Å². The first-order chi connectivity index (χ1) is 54.6. The second-order valence-corrected chi connectivity index (χ2v) is 50.2. The Hall–Kier alpha value is -5.21. The van der Waals surface area contributed by atoms with E-state index in [4.69, 9.17) is 54.6 Å². The number of carbonyl (C=O) groups is 1. The van der Waals surface area contributed by atoms with Gasteiger partial charge in [0.05, 0.1) is 83.3 Å². The minimum atomic E-state index is -3.54. The quantitative estimate of drug-likeness (QED) is 0.0126. The molecule has 5 fully saturated rings. The maximum Gasteiger partial charge on any atom is 0.425 e. The van der Waals surface area contributed by atoms with Crippen molar-refractivity contribution >= 4 is 96.5 Å². The van der Waals surface area contributed by atoms with E-state index in [2.05, 4.69) is 233 Å². The summed E-state index contributed by atoms with van der Waals surface area (Å²) >= 11 is 2.39. The topological polar surface area (TPSA) is 220 Å². The predicted molar refractivity (Wildman–Crippen MR) is 476 cm³/mol. The third-order valence-electron chi connectivity index (χ3n) is 24.1. The molecule has 0 radical (unpaired) electrons. The van der Waals surface area contributed by atoms with Crippen LogP contribution in [0.15, 0.2) is 214 Å². The van der Waals surface area contributed by atoms with Crippen LogP contribution in [0.25, 0.3) is 0 Å². The first kappa shape index (κ1) is 96.3. The lowest BCUT2D eigenvalue weighted by Gasteiger charge is -2.43. The van der Waals surface area contributed by atoms with Crippen molar-refractivity contribution in [3.63, 3.8) is 0 Å². The fraction of sp³-hybridized carbons (Fsp3) is 0.559. The molecule has 15 atom stereocenters. The molecule has 5 aliphatic heterocycles. The van der Waals surface area contributed by atoms with Gasteiger partial charge in [-0.1, -0.05) is 254 Å². The highest BCUT2D eigenvalue weighted by Gasteiger charge is 2.53. The van der Waals surface area contributed by atoms with Crippen molar-refractivity contribution in [2.45, 2.75) is 255 Å². The molecule has 0 saturated carbocycles. The van der Waals surface area contributed by atoms with Gasteiger partial charge in [0.2, 0.25) is 0 Å². The van der Waals surface area contributed by atoms with Crippen molar-refractivity contribution in [2.24, 2.45) is 47.3 Å². The summed E-state index contributed by atoms with van der Waals surface area (Å²) in [6, 6.07) is 60.7. The minimum Gasteiger partial charge on any atom is -0.407 e. The van der Waals surface area contributed by atoms with E-state index in [-0.39, 0.29) is 100 Å². The van der Waals surface area contributed by atoms with Crippen molar-refractivity contribution in [3.8, 4) is 0 Å². The Morgan fingerprint density at radius 3 is 1.26 bits per heavy atom. The van der Waals surface area contributed by atoms with Crippen LogP contribution in [-0.4, -0.2) is 151 Å². The molecule has 6 aromatic carbocycles. The summed E-state index contributed by atoms with van der Waals surface area (Å²) in [5, 5.41) is 5.26. The lowest BCUT2D eigenvalue weighted by Crippen LogP contribution is -2.66. The number of allylic oxidation sites excluding steroid dienone is 1. The molecule has 17 nitrogen and oxygen atoms in total. The van der Waals surface area contributed by atoms with E-state index in [0.717, 1.165) is 44.1 Å². The fourth-order valence-corrected chi connectivity index (χ4v) is 30.8. The number of halogens is 1. The van der Waals surface area contributed by atoms with Gasteiger partial charge >= 0.3 is 10.6 Å². The van der Waals surface area contributed by atoms with Crippen LogP contribution in [0.5, 0.6) is 0 Å². The zero-order chi connectivity index (χ0) is 85.0. The normalized spacial score (nSPS) is 25.3. The van der Waals surface area contributed by atoms with E-state index in [9.17, 15) is 21.6 Å². The average Bonchev–Trinajstić information content (AvgIpc) is 0.967. The molecule has 0 spiro atoms. The summed E-state index contributed by atoms with van der Waals surface area (Å²) in [5.41, 5.74) is 1.06. The summed E-state index contributed by atoms with van der Waals surface area (Å²) < 4.78 is 137. The second kappa shape index (κ2) is 43.0. The van der Waals surface area contributed by atoms with E-state index in [1.807, 2.05) is 40.7 Å². The largest absolute Gasteiger partial charge is 0.425 e. The van der Waals surface area contributed by atoms with Crippen LogP contribution in [0.3, 0.4) is 0 Å². The van der Waals surface area contributed by atoms with Crippen LogP contribution in [-0.2, 0) is 77.1 Å². The molecule has 11 rings (SSSR count). The number of benzene rings is 6. The van der Waals surface area contributed by atoms with Gasteiger partial charge in [-0.15, -0.1) is 12.6 Å². The van der Waals surface area contributed by atoms with Gasteiger partial charge in [0.1, 0.15) is 6.29 Å². The number of hydrogen-bond acceptors (Lipinski definition) is 17. The molecule has 23 heteroatoms. The van der Waals surface area contributed by atoms with Crippen LogP contribution >= 0.6 is 22.6 Å². The maximum atomic E-state index is 13.8. The number of hydrogen-bond donors (Lipinski definition) is 0. The number of sulfone groups is 2. The van der Waals surface area contributed by atoms with Gasteiger partial charge in [0, 0.05) is 50.7 Å². The molecule has 0 N–H and O–H groups in total. The number of rotatable bonds is 32. The zero-order valence-electron chi connectivity index (χ0n) is 71.4. The molecule has 0 aliphatic carbocycles. The number of carbonyl (C=O) groups excluding carboxylic acids is 1. The molecule has 0 amide bonds. The minimum absolute atomic E-state index is 0.000694. The maximum absolute atomic E-state index is 13.8. The van der Waals surface area contributed by atoms with Gasteiger partial charge in [-0.25, -0.2) is 16.8 Å². The Kier molecular flexibility index (Phi) is 35.7. The van der Waals surface area contributed by atoms with E-state index >= 15 is 0 Å². The van der Waals surface area contributed by atoms with Crippen molar-refractivity contribution in [1.29, 1.82) is 0 Å². The van der Waals surface area contributed by atoms with Gasteiger partial charge in [-0.05, 0) is 189 Å². The molecular weight excluding hydrogens is 1670 g/mol. The standard InChI is InChI=1S/C45H62O7SSi.C28H41IOSi.C20H28O6S.O3S/c1-32-27-35(19-18-26-49-54(44(4,5)6,38-22-14-10-15-23-38)39-24-16-11-17-25-39)50-42(33(32)2)29-43-40(31-53(46,47)37-20-12-9-13-21-37)34(3)41(51-43)28-36-30-48-45(7,8)52-36;1-22(2)25(21-23(3)24(4)29)15-14-20-30-31(28(5,6)7,26-16-10-8-11-17-26)27-18-12-9-13-19-27;1-14-17(13-27(22,23)16-7-5-4-6-8-16)18(9-10-21)25-19(14)11-15-12-24-20(2,3)26-15;1-4(2)3/h9-17,20-25,32,34-36,40-43H,2,18-19,26-31H2,1,3-8H3;8-13,16-19,22-23,25H,4,14-15,20-21H2,1-3,5-7H3;4-8,10,14-15,17-19H,9,11-13H2,1-3H3;/t32-,34-,35+,36+,40-,41-,42-,43+;23-,25-;14-,15+,17-,18+,19-;/m111./s1. The Morgan fingerprint density at radius 1 is 0.552 bits per heavy atom. The Balaban J connectivity index is 0.000000230. The molecule has 116 heavy (non-hydrogen) atoms. The second-order valence-electron chi connectivity index (χ2n) is 35.7.